The van der Waals surface area contributed by atoms with E-state index in [0.717, 1.165) is 0 Å². The summed E-state index contributed by atoms with van der Waals surface area (Å²) < 4.78 is 0. The van der Waals surface area contributed by atoms with E-state index in [2.05, 4.69) is 0 Å². The third-order valence-corrected chi connectivity index (χ3v) is 2.19. The maximum atomic E-state index is 8.67. The fourth-order valence-corrected chi connectivity index (χ4v) is 0. The zero-order valence-electron chi connectivity index (χ0n) is 5.80. The normalized spacial score (nSPS) is 17.0. The third kappa shape index (κ3) is 2.45. The van der Waals surface area contributed by atoms with E-state index in [4.69, 9.17) is 10.2 Å². The average molecular weight is 138 g/mol. The summed E-state index contributed by atoms with van der Waals surface area (Å²) in [5.41, 5.74) is 0. The van der Waals surface area contributed by atoms with Crippen LogP contribution >= 0.6 is 8.75 Å². The van der Waals surface area contributed by atoms with Gasteiger partial charge in [0, 0.05) is 0 Å². The fourth-order valence-electron chi connectivity index (χ4n) is 0. The Hall–Kier alpha value is 0.140. The molecule has 2 nitrogen and oxygen atoms in total. The van der Waals surface area contributed by atoms with Gasteiger partial charge in [-0.1, -0.05) is 0 Å². The molecule has 0 bridgehead atoms. The molecular formula is C5H14O2S. The van der Waals surface area contributed by atoms with Gasteiger partial charge in [-0.25, -0.2) is 8.75 Å². The number of aliphatic hydroxyl groups excluding tert-OH is 1. The molecule has 0 aliphatic heterocycles. The molecule has 0 amide bonds. The molecule has 0 radical (unpaired) electrons. The minimum absolute atomic E-state index is 0.415. The lowest BCUT2D eigenvalue weighted by Crippen LogP contribution is -2.11. The van der Waals surface area contributed by atoms with Crippen LogP contribution < -0.4 is 0 Å². The largest absolute Gasteiger partial charge is 0.338 e. The number of hydrogen-bond donors (Lipinski definition) is 2. The van der Waals surface area contributed by atoms with Crippen molar-refractivity contribution >= 4 is 14.0 Å². The number of rotatable bonds is 0. The van der Waals surface area contributed by atoms with E-state index in [9.17, 15) is 0 Å². The van der Waals surface area contributed by atoms with Crippen LogP contribution in [0.4, 0.5) is 0 Å². The SMILES string of the molecule is CS(C)(C)(C)=C(O)O. The van der Waals surface area contributed by atoms with E-state index >= 15 is 0 Å². The van der Waals surface area contributed by atoms with Crippen molar-refractivity contribution in [1.29, 1.82) is 0 Å². The molecule has 52 valence electrons. The standard InChI is InChI=1S/C5H14O2S/c1-8(2,3,4)5(6)7/h6-7H,1-4H3. The summed E-state index contributed by atoms with van der Waals surface area (Å²) in [6.07, 6.45) is 7.41. The van der Waals surface area contributed by atoms with Crippen molar-refractivity contribution in [1.82, 2.24) is 0 Å². The van der Waals surface area contributed by atoms with Crippen LogP contribution in [0.15, 0.2) is 0 Å². The Morgan fingerprint density at radius 1 is 1.00 bits per heavy atom. The van der Waals surface area contributed by atoms with Crippen molar-refractivity contribution < 1.29 is 10.2 Å². The molecule has 0 spiro atoms. The highest BCUT2D eigenvalue weighted by Gasteiger charge is 2.11. The van der Waals surface area contributed by atoms with Crippen molar-refractivity contribution in [2.45, 2.75) is 0 Å². The minimum Gasteiger partial charge on any atom is -0.338 e. The molecule has 0 aliphatic rings. The van der Waals surface area contributed by atoms with Crippen molar-refractivity contribution in [3.8, 4) is 0 Å². The summed E-state index contributed by atoms with van der Waals surface area (Å²) in [6, 6.07) is 0. The summed E-state index contributed by atoms with van der Waals surface area (Å²) >= 11 is 0. The van der Waals surface area contributed by atoms with Crippen molar-refractivity contribution in [2.75, 3.05) is 25.0 Å². The highest BCUT2D eigenvalue weighted by Crippen LogP contribution is 2.43. The van der Waals surface area contributed by atoms with Gasteiger partial charge >= 0.3 is 0 Å². The molecule has 0 aromatic carbocycles. The summed E-state index contributed by atoms with van der Waals surface area (Å²) in [4.78, 5) is 0. The lowest BCUT2D eigenvalue weighted by molar-refractivity contribution is 0.384. The van der Waals surface area contributed by atoms with Crippen LogP contribution in [0.25, 0.3) is 0 Å². The highest BCUT2D eigenvalue weighted by molar-refractivity contribution is 8.45. The minimum atomic E-state index is -1.94. The Morgan fingerprint density at radius 2 is 1.12 bits per heavy atom. The second kappa shape index (κ2) is 1.56. The van der Waals surface area contributed by atoms with Gasteiger partial charge in [-0.3, -0.25) is 0 Å². The summed E-state index contributed by atoms with van der Waals surface area (Å²) in [5, 5.41) is 16.9. The van der Waals surface area contributed by atoms with Crippen LogP contribution in [0.1, 0.15) is 0 Å². The Bertz CT molecular complexity index is 136. The molecule has 0 aliphatic carbocycles. The molecule has 8 heavy (non-hydrogen) atoms. The summed E-state index contributed by atoms with van der Waals surface area (Å²) in [7, 11) is -1.94. The van der Waals surface area contributed by atoms with E-state index in [0.29, 0.717) is 0 Å². The smallest absolute Gasteiger partial charge is 0.188 e. The second-order valence-corrected chi connectivity index (χ2v) is 10.4. The molecule has 0 aromatic heterocycles. The van der Waals surface area contributed by atoms with Gasteiger partial charge in [-0.05, 0) is 25.0 Å². The molecule has 2 N–H and O–H groups in total. The second-order valence-electron chi connectivity index (χ2n) is 3.55. The van der Waals surface area contributed by atoms with Crippen LogP contribution in [0, 0.1) is 0 Å². The van der Waals surface area contributed by atoms with Crippen LogP contribution in [-0.2, 0) is 0 Å². The first-order valence-electron chi connectivity index (χ1n) is 2.28. The predicted molar refractivity (Wildman–Crippen MR) is 41.6 cm³/mol. The molecule has 0 saturated carbocycles. The summed E-state index contributed by atoms with van der Waals surface area (Å²) in [5.74, 6) is 0. The Balaban J connectivity index is 4.92. The van der Waals surface area contributed by atoms with Crippen molar-refractivity contribution in [2.24, 2.45) is 0 Å². The molecule has 0 rings (SSSR count). The fraction of sp³-hybridized carbons (Fsp3) is 0.800. The first-order valence-corrected chi connectivity index (χ1v) is 5.96. The summed E-state index contributed by atoms with van der Waals surface area (Å²) in [6.45, 7) is 0. The maximum absolute atomic E-state index is 8.67. The highest BCUT2D eigenvalue weighted by atomic mass is 32.3. The van der Waals surface area contributed by atoms with Crippen molar-refractivity contribution in [3.05, 3.63) is 0 Å². The van der Waals surface area contributed by atoms with E-state index in [1.807, 2.05) is 25.0 Å². The van der Waals surface area contributed by atoms with Gasteiger partial charge in [-0.2, -0.15) is 0 Å². The first kappa shape index (κ1) is 8.14. The Kier molecular flexibility index (Phi) is 1.59. The van der Waals surface area contributed by atoms with Gasteiger partial charge in [0.1, 0.15) is 0 Å². The van der Waals surface area contributed by atoms with Gasteiger partial charge in [0.25, 0.3) is 0 Å². The van der Waals surface area contributed by atoms with Crippen LogP contribution in [0.2, 0.25) is 0 Å². The van der Waals surface area contributed by atoms with E-state index in [-0.39, 0.29) is 0 Å². The molecule has 0 fully saturated rings. The quantitative estimate of drug-likeness (QED) is 0.491. The van der Waals surface area contributed by atoms with Gasteiger partial charge < -0.3 is 10.2 Å². The molecular weight excluding hydrogens is 124 g/mol. The van der Waals surface area contributed by atoms with Gasteiger partial charge in [0.15, 0.2) is 5.24 Å². The van der Waals surface area contributed by atoms with E-state index < -0.39 is 14.0 Å². The van der Waals surface area contributed by atoms with Gasteiger partial charge in [0.2, 0.25) is 0 Å². The zero-order valence-corrected chi connectivity index (χ0v) is 6.62. The Morgan fingerprint density at radius 3 is 1.12 bits per heavy atom. The van der Waals surface area contributed by atoms with E-state index in [1.54, 1.807) is 0 Å². The van der Waals surface area contributed by atoms with Crippen molar-refractivity contribution in [3.63, 3.8) is 0 Å². The van der Waals surface area contributed by atoms with Crippen LogP contribution in [-0.4, -0.2) is 40.5 Å². The topological polar surface area (TPSA) is 40.5 Å². The predicted octanol–water partition coefficient (Wildman–Crippen LogP) is 1.05. The molecule has 0 aromatic rings. The number of aliphatic hydroxyl groups is 2. The van der Waals surface area contributed by atoms with E-state index in [1.165, 1.54) is 0 Å². The monoisotopic (exact) mass is 138 g/mol. The van der Waals surface area contributed by atoms with Crippen LogP contribution in [0.3, 0.4) is 0 Å². The van der Waals surface area contributed by atoms with Crippen LogP contribution in [0.5, 0.6) is 0 Å². The molecule has 0 saturated heterocycles. The number of hydrogen-bond acceptors (Lipinski definition) is 0. The zero-order chi connectivity index (χ0) is 7.02. The first-order chi connectivity index (χ1) is 3.20. The lowest BCUT2D eigenvalue weighted by Gasteiger charge is -2.31. The van der Waals surface area contributed by atoms with Gasteiger partial charge in [-0.15, -0.1) is 0 Å². The molecule has 0 heterocycles. The third-order valence-electron chi connectivity index (χ3n) is 0.730. The van der Waals surface area contributed by atoms with Gasteiger partial charge in [0.05, 0.1) is 0 Å². The lowest BCUT2D eigenvalue weighted by atomic mass is 11.5. The Labute approximate surface area is 50.0 Å². The maximum Gasteiger partial charge on any atom is 0.188 e. The molecule has 3 heteroatoms. The molecule has 0 unspecified atom stereocenters. The molecule has 0 atom stereocenters. The average Bonchev–Trinajstić information content (AvgIpc) is 1.27.